The normalized spacial score (nSPS) is 11.8. The minimum Gasteiger partial charge on any atom is -0.277 e. The van der Waals surface area contributed by atoms with Gasteiger partial charge in [-0.25, -0.2) is 0 Å². The molecule has 6 heteroatoms. The van der Waals surface area contributed by atoms with Crippen molar-refractivity contribution in [1.29, 1.82) is 0 Å². The Bertz CT molecular complexity index is 134. The Labute approximate surface area is 81.5 Å². The van der Waals surface area contributed by atoms with Crippen LogP contribution in [0.15, 0.2) is 0 Å². The van der Waals surface area contributed by atoms with Crippen LogP contribution in [0.5, 0.6) is 0 Å². The summed E-state index contributed by atoms with van der Waals surface area (Å²) in [6.07, 6.45) is 1.02. The topological polar surface area (TPSA) is 49.4 Å². The van der Waals surface area contributed by atoms with Crippen LogP contribution in [0.1, 0.15) is 0 Å². The third-order valence-corrected chi connectivity index (χ3v) is 3.17. The number of amides is 2. The number of halogens is 2. The lowest BCUT2D eigenvalue weighted by Gasteiger charge is -2.17. The van der Waals surface area contributed by atoms with Gasteiger partial charge in [-0.05, 0) is 0 Å². The maximum absolute atomic E-state index is 10.2. The van der Waals surface area contributed by atoms with Gasteiger partial charge < -0.3 is 0 Å². The lowest BCUT2D eigenvalue weighted by molar-refractivity contribution is -0.126. The molecule has 2 amide bonds. The zero-order valence-corrected chi connectivity index (χ0v) is 8.84. The van der Waals surface area contributed by atoms with Gasteiger partial charge in [0, 0.05) is 10.2 Å². The Morgan fingerprint density at radius 2 is 2.18 bits per heavy atom. The third-order valence-electron chi connectivity index (χ3n) is 0.908. The van der Waals surface area contributed by atoms with E-state index in [1.807, 2.05) is 0 Å². The molecule has 0 saturated carbocycles. The van der Waals surface area contributed by atoms with E-state index in [0.717, 1.165) is 10.3 Å². The van der Waals surface area contributed by atoms with Crippen molar-refractivity contribution in [2.75, 3.05) is 11.9 Å². The first-order chi connectivity index (χ1) is 5.24. The number of nitrogens with zero attached hydrogens (tertiary/aromatic N) is 1. The molecule has 0 unspecified atom stereocenters. The van der Waals surface area contributed by atoms with Gasteiger partial charge >= 0.3 is 0 Å². The molecule has 0 rings (SSSR count). The van der Waals surface area contributed by atoms with Gasteiger partial charge in [0.15, 0.2) is 0 Å². The van der Waals surface area contributed by atoms with Crippen LogP contribution >= 0.6 is 31.9 Å². The lowest BCUT2D eigenvalue weighted by Crippen LogP contribution is -2.40. The highest BCUT2D eigenvalue weighted by Gasteiger charge is 2.06. The third kappa shape index (κ3) is 5.20. The molecular weight excluding hydrogens is 280 g/mol. The van der Waals surface area contributed by atoms with Crippen molar-refractivity contribution in [2.45, 2.75) is 4.83 Å². The fraction of sp³-hybridized carbons (Fsp3) is 0.600. The molecule has 0 aliphatic rings. The van der Waals surface area contributed by atoms with Crippen LogP contribution in [0, 0.1) is 0 Å². The van der Waals surface area contributed by atoms with Gasteiger partial charge in [0.05, 0.1) is 6.54 Å². The Balaban J connectivity index is 3.66. The molecule has 1 N–H and O–H groups in total. The maximum Gasteiger partial charge on any atom is 0.228 e. The summed E-state index contributed by atoms with van der Waals surface area (Å²) in [6.45, 7) is 0.438. The molecule has 0 spiro atoms. The van der Waals surface area contributed by atoms with E-state index in [0.29, 0.717) is 19.4 Å². The second kappa shape index (κ2) is 6.60. The Morgan fingerprint density at radius 1 is 1.55 bits per heavy atom. The number of alkyl halides is 2. The predicted molar refractivity (Wildman–Crippen MR) is 48.5 cm³/mol. The average molecular weight is 288 g/mol. The molecule has 64 valence electrons. The summed E-state index contributed by atoms with van der Waals surface area (Å²) in [5, 5.41) is 1.88. The van der Waals surface area contributed by atoms with Crippen molar-refractivity contribution >= 4 is 44.7 Å². The number of hydrogen-bond donors (Lipinski definition) is 1. The van der Waals surface area contributed by atoms with Gasteiger partial charge in [0.25, 0.3) is 0 Å². The summed E-state index contributed by atoms with van der Waals surface area (Å²) in [5.41, 5.74) is 2.23. The molecule has 0 aliphatic carbocycles. The molecule has 0 aliphatic heterocycles. The molecule has 0 bridgehead atoms. The fourth-order valence-corrected chi connectivity index (χ4v) is 0.973. The van der Waals surface area contributed by atoms with E-state index in [1.54, 1.807) is 0 Å². The van der Waals surface area contributed by atoms with Gasteiger partial charge in [-0.1, -0.05) is 31.9 Å². The van der Waals surface area contributed by atoms with E-state index < -0.39 is 0 Å². The maximum atomic E-state index is 10.2. The van der Waals surface area contributed by atoms with Crippen molar-refractivity contribution in [2.24, 2.45) is 0 Å². The Morgan fingerprint density at radius 3 is 2.55 bits per heavy atom. The summed E-state index contributed by atoms with van der Waals surface area (Å²) >= 11 is 6.50. The van der Waals surface area contributed by atoms with Gasteiger partial charge in [-0.2, -0.15) is 0 Å². The smallest absolute Gasteiger partial charge is 0.228 e. The summed E-state index contributed by atoms with van der Waals surface area (Å²) in [5.74, 6) is 0. The van der Waals surface area contributed by atoms with Gasteiger partial charge in [0.1, 0.15) is 0 Å². The zero-order valence-electron chi connectivity index (χ0n) is 5.67. The Kier molecular flexibility index (Phi) is 6.54. The van der Waals surface area contributed by atoms with Crippen LogP contribution in [-0.4, -0.2) is 34.5 Å². The zero-order chi connectivity index (χ0) is 8.69. The number of nitrogens with one attached hydrogen (secondary N) is 1. The molecule has 0 fully saturated rings. The van der Waals surface area contributed by atoms with Crippen molar-refractivity contribution < 1.29 is 9.59 Å². The van der Waals surface area contributed by atoms with Crippen molar-refractivity contribution in [3.05, 3.63) is 0 Å². The highest BCUT2D eigenvalue weighted by atomic mass is 79.9. The average Bonchev–Trinajstić information content (AvgIpc) is 2.03. The first-order valence-electron chi connectivity index (χ1n) is 2.86. The molecule has 1 atom stereocenters. The molecule has 0 aromatic carbocycles. The minimum atomic E-state index is 0.139. The van der Waals surface area contributed by atoms with Crippen LogP contribution in [0.4, 0.5) is 0 Å². The van der Waals surface area contributed by atoms with Crippen LogP contribution in [0.2, 0.25) is 0 Å². The molecule has 0 saturated heterocycles. The van der Waals surface area contributed by atoms with E-state index >= 15 is 0 Å². The first kappa shape index (κ1) is 10.9. The molecule has 4 nitrogen and oxygen atoms in total. The molecular formula is C5H8Br2N2O2. The summed E-state index contributed by atoms with van der Waals surface area (Å²) in [7, 11) is 0. The quantitative estimate of drug-likeness (QED) is 0.433. The van der Waals surface area contributed by atoms with Crippen molar-refractivity contribution in [3.63, 3.8) is 0 Å². The number of rotatable bonds is 6. The van der Waals surface area contributed by atoms with Gasteiger partial charge in [-0.3, -0.25) is 20.0 Å². The van der Waals surface area contributed by atoms with Crippen molar-refractivity contribution in [3.8, 4) is 0 Å². The fourth-order valence-electron chi connectivity index (χ4n) is 0.456. The molecule has 0 radical (unpaired) electrons. The van der Waals surface area contributed by atoms with E-state index in [4.69, 9.17) is 0 Å². The summed E-state index contributed by atoms with van der Waals surface area (Å²) in [6, 6.07) is 0. The molecule has 11 heavy (non-hydrogen) atoms. The SMILES string of the molecule is O=CNN(C=O)C[C@@H](Br)CBr. The Hall–Kier alpha value is -0.100. The van der Waals surface area contributed by atoms with Gasteiger partial charge in [0.2, 0.25) is 12.8 Å². The number of hydrogen-bond acceptors (Lipinski definition) is 2. The van der Waals surface area contributed by atoms with E-state index in [2.05, 4.69) is 37.3 Å². The van der Waals surface area contributed by atoms with E-state index in [-0.39, 0.29) is 4.83 Å². The number of carbonyl (C=O) groups is 2. The molecule has 0 aromatic heterocycles. The second-order valence-corrected chi connectivity index (χ2v) is 3.70. The highest BCUT2D eigenvalue weighted by molar-refractivity contribution is 9.12. The molecule has 0 aromatic rings. The van der Waals surface area contributed by atoms with E-state index in [1.165, 1.54) is 0 Å². The van der Waals surface area contributed by atoms with Gasteiger partial charge in [-0.15, -0.1) is 0 Å². The number of hydrazine groups is 1. The monoisotopic (exact) mass is 286 g/mol. The predicted octanol–water partition coefficient (Wildman–Crippen LogP) is 0.264. The second-order valence-electron chi connectivity index (χ2n) is 1.76. The van der Waals surface area contributed by atoms with E-state index in [9.17, 15) is 9.59 Å². The standard InChI is InChI=1S/C5H8Br2N2O2/c6-1-5(7)2-9(4-11)8-3-10/h3-5H,1-2H2,(H,8,10)/t5-/m0/s1. The lowest BCUT2D eigenvalue weighted by atomic mass is 10.5. The van der Waals surface area contributed by atoms with Crippen LogP contribution < -0.4 is 5.43 Å². The van der Waals surface area contributed by atoms with Crippen molar-refractivity contribution in [1.82, 2.24) is 10.4 Å². The number of carbonyl (C=O) groups excluding carboxylic acids is 2. The largest absolute Gasteiger partial charge is 0.277 e. The highest BCUT2D eigenvalue weighted by Crippen LogP contribution is 2.03. The van der Waals surface area contributed by atoms with Crippen LogP contribution in [0.3, 0.4) is 0 Å². The summed E-state index contributed by atoms with van der Waals surface area (Å²) < 4.78 is 0. The summed E-state index contributed by atoms with van der Waals surface area (Å²) in [4.78, 5) is 20.3. The van der Waals surface area contributed by atoms with Crippen LogP contribution in [0.25, 0.3) is 0 Å². The molecule has 0 heterocycles. The van der Waals surface area contributed by atoms with Crippen LogP contribution in [-0.2, 0) is 9.59 Å². The minimum absolute atomic E-state index is 0.139. The first-order valence-corrected chi connectivity index (χ1v) is 4.90.